The van der Waals surface area contributed by atoms with Crippen LogP contribution in [0.2, 0.25) is 0 Å². The van der Waals surface area contributed by atoms with Crippen LogP contribution in [-0.2, 0) is 11.2 Å². The first-order valence-electron chi connectivity index (χ1n) is 4.99. The summed E-state index contributed by atoms with van der Waals surface area (Å²) in [6, 6.07) is 0. The molecule has 0 radical (unpaired) electrons. The van der Waals surface area contributed by atoms with Crippen molar-refractivity contribution in [2.45, 2.75) is 20.3 Å². The number of hydrogen-bond donors (Lipinski definition) is 2. The van der Waals surface area contributed by atoms with Gasteiger partial charge in [-0.25, -0.2) is 15.0 Å². The van der Waals surface area contributed by atoms with Crippen LogP contribution < -0.4 is 0 Å². The zero-order valence-corrected chi connectivity index (χ0v) is 9.43. The Labute approximate surface area is 97.0 Å². The van der Waals surface area contributed by atoms with Crippen LogP contribution in [0.4, 0.5) is 0 Å². The number of aromatic amines is 1. The van der Waals surface area contributed by atoms with Gasteiger partial charge < -0.3 is 5.11 Å². The van der Waals surface area contributed by atoms with E-state index >= 15 is 0 Å². The number of H-pyrrole nitrogens is 1. The van der Waals surface area contributed by atoms with Gasteiger partial charge in [0, 0.05) is 17.0 Å². The zero-order valence-electron chi connectivity index (χ0n) is 9.43. The number of aliphatic carboxylic acids is 1. The van der Waals surface area contributed by atoms with Crippen LogP contribution in [0.3, 0.4) is 0 Å². The highest BCUT2D eigenvalue weighted by Gasteiger charge is 2.13. The van der Waals surface area contributed by atoms with E-state index in [0.29, 0.717) is 28.6 Å². The lowest BCUT2D eigenvalue weighted by Gasteiger charge is -2.07. The standard InChI is InChI=1S/C10H11N5O2/c1-5-7(3-8(16)17)6(2)14-10(13-5)9-11-4-12-15-9/h4H,3H2,1-2H3,(H,16,17)(H,11,12,15). The van der Waals surface area contributed by atoms with E-state index < -0.39 is 5.97 Å². The van der Waals surface area contributed by atoms with Crippen LogP contribution in [0.5, 0.6) is 0 Å². The fraction of sp³-hybridized carbons (Fsp3) is 0.300. The lowest BCUT2D eigenvalue weighted by Crippen LogP contribution is -2.08. The van der Waals surface area contributed by atoms with Crippen molar-refractivity contribution < 1.29 is 9.90 Å². The number of nitrogens with zero attached hydrogens (tertiary/aromatic N) is 4. The Kier molecular flexibility index (Phi) is 2.82. The predicted molar refractivity (Wildman–Crippen MR) is 58.2 cm³/mol. The molecule has 0 aliphatic carbocycles. The Morgan fingerprint density at radius 3 is 2.47 bits per heavy atom. The minimum absolute atomic E-state index is 0.0750. The number of aryl methyl sites for hydroxylation is 2. The Hall–Kier alpha value is -2.31. The SMILES string of the molecule is Cc1nc(-c2ncn[nH]2)nc(C)c1CC(=O)O. The Balaban J connectivity index is 2.45. The number of nitrogens with one attached hydrogen (secondary N) is 1. The van der Waals surface area contributed by atoms with E-state index in [0.717, 1.165) is 0 Å². The highest BCUT2D eigenvalue weighted by Crippen LogP contribution is 2.15. The quantitative estimate of drug-likeness (QED) is 0.800. The first-order chi connectivity index (χ1) is 8.08. The summed E-state index contributed by atoms with van der Waals surface area (Å²) in [6.45, 7) is 3.51. The molecule has 17 heavy (non-hydrogen) atoms. The second-order valence-electron chi connectivity index (χ2n) is 3.60. The maximum Gasteiger partial charge on any atom is 0.307 e. The molecule has 2 aromatic heterocycles. The molecule has 7 heteroatoms. The smallest absolute Gasteiger partial charge is 0.307 e. The van der Waals surface area contributed by atoms with Crippen molar-refractivity contribution in [2.75, 3.05) is 0 Å². The van der Waals surface area contributed by atoms with Gasteiger partial charge in [0.25, 0.3) is 0 Å². The first-order valence-corrected chi connectivity index (χ1v) is 4.99. The van der Waals surface area contributed by atoms with Gasteiger partial charge >= 0.3 is 5.97 Å². The van der Waals surface area contributed by atoms with E-state index in [-0.39, 0.29) is 6.42 Å². The van der Waals surface area contributed by atoms with Gasteiger partial charge in [0.1, 0.15) is 6.33 Å². The van der Waals surface area contributed by atoms with Crippen LogP contribution in [-0.4, -0.2) is 36.2 Å². The lowest BCUT2D eigenvalue weighted by atomic mass is 10.1. The van der Waals surface area contributed by atoms with E-state index in [2.05, 4.69) is 25.1 Å². The first kappa shape index (κ1) is 11.2. The highest BCUT2D eigenvalue weighted by atomic mass is 16.4. The van der Waals surface area contributed by atoms with Crippen molar-refractivity contribution in [3.05, 3.63) is 23.3 Å². The predicted octanol–water partition coefficient (Wildman–Crippen LogP) is 0.506. The zero-order chi connectivity index (χ0) is 12.4. The summed E-state index contributed by atoms with van der Waals surface area (Å²) in [5.41, 5.74) is 1.93. The maximum absolute atomic E-state index is 10.7. The molecule has 0 aromatic carbocycles. The molecule has 0 saturated carbocycles. The molecule has 0 amide bonds. The second-order valence-corrected chi connectivity index (χ2v) is 3.60. The van der Waals surface area contributed by atoms with Crippen molar-refractivity contribution >= 4 is 5.97 Å². The van der Waals surface area contributed by atoms with E-state index in [4.69, 9.17) is 5.11 Å². The molecule has 2 heterocycles. The number of aromatic nitrogens is 5. The molecule has 0 saturated heterocycles. The van der Waals surface area contributed by atoms with Gasteiger partial charge in [0.05, 0.1) is 6.42 Å². The number of carbonyl (C=O) groups is 1. The van der Waals surface area contributed by atoms with Gasteiger partial charge in [0.15, 0.2) is 11.6 Å². The second kappa shape index (κ2) is 4.28. The van der Waals surface area contributed by atoms with E-state index in [1.165, 1.54) is 6.33 Å². The van der Waals surface area contributed by atoms with Gasteiger partial charge in [-0.15, -0.1) is 0 Å². The molecule has 2 aromatic rings. The number of hydrogen-bond acceptors (Lipinski definition) is 5. The largest absolute Gasteiger partial charge is 0.481 e. The molecule has 2 N–H and O–H groups in total. The fourth-order valence-corrected chi connectivity index (χ4v) is 1.57. The summed E-state index contributed by atoms with van der Waals surface area (Å²) in [5, 5.41) is 15.2. The molecule has 88 valence electrons. The van der Waals surface area contributed by atoms with E-state index in [9.17, 15) is 4.79 Å². The van der Waals surface area contributed by atoms with E-state index in [1.54, 1.807) is 13.8 Å². The topological polar surface area (TPSA) is 105 Å². The number of carboxylic acids is 1. The Morgan fingerprint density at radius 1 is 1.35 bits per heavy atom. The minimum atomic E-state index is -0.896. The summed E-state index contributed by atoms with van der Waals surface area (Å²) >= 11 is 0. The molecule has 0 fully saturated rings. The highest BCUT2D eigenvalue weighted by molar-refractivity contribution is 5.71. The summed E-state index contributed by atoms with van der Waals surface area (Å²) < 4.78 is 0. The average Bonchev–Trinajstić information content (AvgIpc) is 2.76. The van der Waals surface area contributed by atoms with Crippen LogP contribution in [0.1, 0.15) is 17.0 Å². The third-order valence-electron chi connectivity index (χ3n) is 2.38. The van der Waals surface area contributed by atoms with Crippen LogP contribution in [0.15, 0.2) is 6.33 Å². The van der Waals surface area contributed by atoms with Crippen LogP contribution in [0, 0.1) is 13.8 Å². The fourth-order valence-electron chi connectivity index (χ4n) is 1.57. The van der Waals surface area contributed by atoms with Crippen LogP contribution in [0.25, 0.3) is 11.6 Å². The Morgan fingerprint density at radius 2 is 2.00 bits per heavy atom. The van der Waals surface area contributed by atoms with Crippen molar-refractivity contribution in [3.63, 3.8) is 0 Å². The normalized spacial score (nSPS) is 10.5. The van der Waals surface area contributed by atoms with Crippen molar-refractivity contribution in [3.8, 4) is 11.6 Å². The third kappa shape index (κ3) is 2.27. The summed E-state index contributed by atoms with van der Waals surface area (Å²) in [4.78, 5) is 23.1. The maximum atomic E-state index is 10.7. The number of rotatable bonds is 3. The molecule has 0 unspecified atom stereocenters. The van der Waals surface area contributed by atoms with Crippen molar-refractivity contribution in [1.82, 2.24) is 25.1 Å². The van der Waals surface area contributed by atoms with Gasteiger partial charge in [-0.1, -0.05) is 0 Å². The van der Waals surface area contributed by atoms with Crippen molar-refractivity contribution in [2.24, 2.45) is 0 Å². The van der Waals surface area contributed by atoms with Gasteiger partial charge in [-0.3, -0.25) is 9.89 Å². The minimum Gasteiger partial charge on any atom is -0.481 e. The van der Waals surface area contributed by atoms with Gasteiger partial charge in [0.2, 0.25) is 0 Å². The molecule has 2 rings (SSSR count). The molecular formula is C10H11N5O2. The van der Waals surface area contributed by atoms with Gasteiger partial charge in [-0.2, -0.15) is 5.10 Å². The average molecular weight is 233 g/mol. The molecular weight excluding hydrogens is 222 g/mol. The van der Waals surface area contributed by atoms with Gasteiger partial charge in [-0.05, 0) is 13.8 Å². The molecule has 7 nitrogen and oxygen atoms in total. The summed E-state index contributed by atoms with van der Waals surface area (Å²) in [6.07, 6.45) is 1.29. The monoisotopic (exact) mass is 233 g/mol. The molecule has 0 bridgehead atoms. The molecule has 0 aliphatic rings. The molecule has 0 spiro atoms. The van der Waals surface area contributed by atoms with E-state index in [1.807, 2.05) is 0 Å². The Bertz CT molecular complexity index is 527. The summed E-state index contributed by atoms with van der Waals surface area (Å²) in [5.74, 6) is -0.00284. The molecule has 0 aliphatic heterocycles. The molecule has 0 atom stereocenters. The number of carboxylic acid groups (broad SMARTS) is 1. The third-order valence-corrected chi connectivity index (χ3v) is 2.38. The summed E-state index contributed by atoms with van der Waals surface area (Å²) in [7, 11) is 0. The lowest BCUT2D eigenvalue weighted by molar-refractivity contribution is -0.136. The van der Waals surface area contributed by atoms with Crippen LogP contribution >= 0.6 is 0 Å². The van der Waals surface area contributed by atoms with Crippen molar-refractivity contribution in [1.29, 1.82) is 0 Å².